The van der Waals surface area contributed by atoms with Crippen molar-refractivity contribution < 1.29 is 0 Å². The molecule has 0 radical (unpaired) electrons. The van der Waals surface area contributed by atoms with E-state index in [4.69, 9.17) is 15.0 Å². The van der Waals surface area contributed by atoms with E-state index in [9.17, 15) is 0 Å². The van der Waals surface area contributed by atoms with Crippen LogP contribution in [-0.4, -0.2) is 15.0 Å². The Morgan fingerprint density at radius 2 is 0.700 bits per heavy atom. The molecule has 0 N–H and O–H groups in total. The van der Waals surface area contributed by atoms with E-state index in [0.717, 1.165) is 16.7 Å². The predicted octanol–water partition coefficient (Wildman–Crippen LogP) is 9.49. The van der Waals surface area contributed by atoms with Crippen LogP contribution in [0.15, 0.2) is 140 Å². The monoisotopic (exact) mass is 509 g/mol. The zero-order chi connectivity index (χ0) is 26.5. The average molecular weight is 510 g/mol. The van der Waals surface area contributed by atoms with Gasteiger partial charge in [-0.25, -0.2) is 15.0 Å². The highest BCUT2D eigenvalue weighted by Crippen LogP contribution is 2.36. The zero-order valence-electron chi connectivity index (χ0n) is 21.6. The van der Waals surface area contributed by atoms with Gasteiger partial charge in [-0.3, -0.25) is 0 Å². The number of nitrogens with zero attached hydrogens (tertiary/aromatic N) is 3. The average Bonchev–Trinajstić information content (AvgIpc) is 3.04. The summed E-state index contributed by atoms with van der Waals surface area (Å²) in [5.74, 6) is 2.00. The van der Waals surface area contributed by atoms with Crippen molar-refractivity contribution >= 4 is 43.1 Å². The second-order valence-corrected chi connectivity index (χ2v) is 10.1. The van der Waals surface area contributed by atoms with Gasteiger partial charge in [-0.05, 0) is 49.2 Å². The molecule has 0 fully saturated rings. The van der Waals surface area contributed by atoms with Crippen LogP contribution in [0.1, 0.15) is 0 Å². The standard InChI is InChI=1S/C37H23N3/c1-3-10-26(11-4-1)35-38-36(27-12-5-2-6-13-27)40-37(39-35)28-16-15-25-18-20-32-31-19-17-24-9-7-8-14-29(24)30(31)21-22-33(32)34(25)23-28/h1-23H. The number of fused-ring (bicyclic) bond motifs is 7. The third-order valence-corrected chi connectivity index (χ3v) is 7.70. The predicted molar refractivity (Wildman–Crippen MR) is 166 cm³/mol. The van der Waals surface area contributed by atoms with Crippen molar-refractivity contribution in [2.24, 2.45) is 0 Å². The first-order valence-electron chi connectivity index (χ1n) is 13.5. The minimum atomic E-state index is 0.665. The molecule has 0 unspecified atom stereocenters. The Hall–Kier alpha value is -5.41. The van der Waals surface area contributed by atoms with Gasteiger partial charge in [-0.15, -0.1) is 0 Å². The molecular formula is C37H23N3. The van der Waals surface area contributed by atoms with Crippen LogP contribution in [0.3, 0.4) is 0 Å². The smallest absolute Gasteiger partial charge is 0.164 e. The van der Waals surface area contributed by atoms with Crippen LogP contribution in [0.25, 0.3) is 77.3 Å². The topological polar surface area (TPSA) is 38.7 Å². The molecule has 40 heavy (non-hydrogen) atoms. The normalized spacial score (nSPS) is 11.5. The van der Waals surface area contributed by atoms with E-state index >= 15 is 0 Å². The van der Waals surface area contributed by atoms with E-state index in [1.807, 2.05) is 60.7 Å². The Morgan fingerprint density at radius 1 is 0.275 bits per heavy atom. The van der Waals surface area contributed by atoms with Crippen molar-refractivity contribution in [3.63, 3.8) is 0 Å². The molecule has 3 nitrogen and oxygen atoms in total. The minimum Gasteiger partial charge on any atom is -0.208 e. The van der Waals surface area contributed by atoms with E-state index in [0.29, 0.717) is 17.5 Å². The number of hydrogen-bond acceptors (Lipinski definition) is 3. The third kappa shape index (κ3) is 3.71. The molecule has 0 spiro atoms. The molecule has 0 saturated carbocycles. The first-order valence-corrected chi connectivity index (χ1v) is 13.5. The van der Waals surface area contributed by atoms with E-state index in [1.54, 1.807) is 0 Å². The maximum Gasteiger partial charge on any atom is 0.164 e. The lowest BCUT2D eigenvalue weighted by atomic mass is 9.93. The molecule has 8 aromatic rings. The maximum atomic E-state index is 4.95. The molecule has 0 atom stereocenters. The van der Waals surface area contributed by atoms with Gasteiger partial charge in [0.05, 0.1) is 0 Å². The number of benzene rings is 7. The van der Waals surface area contributed by atoms with Gasteiger partial charge < -0.3 is 0 Å². The van der Waals surface area contributed by atoms with Gasteiger partial charge in [0.1, 0.15) is 0 Å². The van der Waals surface area contributed by atoms with Crippen LogP contribution < -0.4 is 0 Å². The van der Waals surface area contributed by atoms with Crippen molar-refractivity contribution in [2.45, 2.75) is 0 Å². The van der Waals surface area contributed by atoms with E-state index in [-0.39, 0.29) is 0 Å². The molecule has 3 heteroatoms. The highest BCUT2D eigenvalue weighted by Gasteiger charge is 2.14. The quantitative estimate of drug-likeness (QED) is 0.223. The van der Waals surface area contributed by atoms with Gasteiger partial charge in [-0.2, -0.15) is 0 Å². The third-order valence-electron chi connectivity index (χ3n) is 7.70. The molecule has 1 aromatic heterocycles. The summed E-state index contributed by atoms with van der Waals surface area (Å²) in [6.45, 7) is 0. The summed E-state index contributed by atoms with van der Waals surface area (Å²) in [5.41, 5.74) is 2.90. The van der Waals surface area contributed by atoms with Gasteiger partial charge in [0.25, 0.3) is 0 Å². The van der Waals surface area contributed by atoms with Crippen LogP contribution in [0.2, 0.25) is 0 Å². The fraction of sp³-hybridized carbons (Fsp3) is 0. The first-order chi connectivity index (χ1) is 19.8. The molecule has 0 aliphatic heterocycles. The van der Waals surface area contributed by atoms with Crippen molar-refractivity contribution in [1.29, 1.82) is 0 Å². The van der Waals surface area contributed by atoms with Crippen molar-refractivity contribution in [3.8, 4) is 34.2 Å². The highest BCUT2D eigenvalue weighted by molar-refractivity contribution is 6.22. The molecule has 0 amide bonds. The van der Waals surface area contributed by atoms with Crippen LogP contribution in [-0.2, 0) is 0 Å². The van der Waals surface area contributed by atoms with Gasteiger partial charge in [0.2, 0.25) is 0 Å². The SMILES string of the molecule is c1ccc(-c2nc(-c3ccccc3)nc(-c3ccc4ccc5c(ccc6c7ccccc7ccc65)c4c3)n2)cc1. The second-order valence-electron chi connectivity index (χ2n) is 10.1. The Balaban J connectivity index is 1.36. The molecular weight excluding hydrogens is 486 g/mol. The zero-order valence-corrected chi connectivity index (χ0v) is 21.6. The lowest BCUT2D eigenvalue weighted by molar-refractivity contribution is 1.07. The number of aromatic nitrogens is 3. The van der Waals surface area contributed by atoms with Crippen LogP contribution in [0, 0.1) is 0 Å². The van der Waals surface area contributed by atoms with E-state index in [2.05, 4.69) is 78.9 Å². The summed E-state index contributed by atoms with van der Waals surface area (Å²) in [5, 5.41) is 9.93. The van der Waals surface area contributed by atoms with Gasteiger partial charge >= 0.3 is 0 Å². The molecule has 1 heterocycles. The fourth-order valence-electron chi connectivity index (χ4n) is 5.71. The lowest BCUT2D eigenvalue weighted by Gasteiger charge is -2.12. The fourth-order valence-corrected chi connectivity index (χ4v) is 5.71. The Bertz CT molecular complexity index is 2150. The second kappa shape index (κ2) is 9.11. The highest BCUT2D eigenvalue weighted by atomic mass is 15.0. The molecule has 8 rings (SSSR count). The number of rotatable bonds is 3. The van der Waals surface area contributed by atoms with Crippen LogP contribution >= 0.6 is 0 Å². The van der Waals surface area contributed by atoms with Crippen molar-refractivity contribution in [2.75, 3.05) is 0 Å². The summed E-state index contributed by atoms with van der Waals surface area (Å²) in [6, 6.07) is 48.8. The summed E-state index contributed by atoms with van der Waals surface area (Å²) in [4.78, 5) is 14.7. The van der Waals surface area contributed by atoms with E-state index < -0.39 is 0 Å². The molecule has 0 aliphatic carbocycles. The Morgan fingerprint density at radius 3 is 1.32 bits per heavy atom. The first kappa shape index (κ1) is 22.6. The van der Waals surface area contributed by atoms with Gasteiger partial charge in [0, 0.05) is 16.7 Å². The van der Waals surface area contributed by atoms with Gasteiger partial charge in [0.15, 0.2) is 17.5 Å². The maximum absolute atomic E-state index is 4.95. The molecule has 0 aliphatic rings. The summed E-state index contributed by atoms with van der Waals surface area (Å²) >= 11 is 0. The Labute approximate surface area is 231 Å². The van der Waals surface area contributed by atoms with Gasteiger partial charge in [-0.1, -0.05) is 133 Å². The van der Waals surface area contributed by atoms with Crippen molar-refractivity contribution in [1.82, 2.24) is 15.0 Å². The Kier molecular flexibility index (Phi) is 5.14. The summed E-state index contributed by atoms with van der Waals surface area (Å²) in [7, 11) is 0. The minimum absolute atomic E-state index is 0.665. The molecule has 186 valence electrons. The lowest BCUT2D eigenvalue weighted by Crippen LogP contribution is -2.00. The van der Waals surface area contributed by atoms with E-state index in [1.165, 1.54) is 43.1 Å². The molecule has 7 aromatic carbocycles. The number of hydrogen-bond donors (Lipinski definition) is 0. The van der Waals surface area contributed by atoms with Crippen LogP contribution in [0.5, 0.6) is 0 Å². The van der Waals surface area contributed by atoms with Crippen molar-refractivity contribution in [3.05, 3.63) is 140 Å². The summed E-state index contributed by atoms with van der Waals surface area (Å²) < 4.78 is 0. The largest absolute Gasteiger partial charge is 0.208 e. The molecule has 0 saturated heterocycles. The van der Waals surface area contributed by atoms with Crippen LogP contribution in [0.4, 0.5) is 0 Å². The molecule has 0 bridgehead atoms. The summed E-state index contributed by atoms with van der Waals surface area (Å²) in [6.07, 6.45) is 0.